The van der Waals surface area contributed by atoms with E-state index in [1.807, 2.05) is 0 Å². The van der Waals surface area contributed by atoms with Crippen molar-refractivity contribution in [2.45, 2.75) is 6.18 Å². The molecular weight excluding hydrogens is 295 g/mol. The highest BCUT2D eigenvalue weighted by atomic mass is 19.4. The molecule has 0 atom stereocenters. The van der Waals surface area contributed by atoms with E-state index in [-0.39, 0.29) is 5.96 Å². The van der Waals surface area contributed by atoms with E-state index in [1.165, 1.54) is 12.3 Å². The highest BCUT2D eigenvalue weighted by molar-refractivity contribution is 5.82. The van der Waals surface area contributed by atoms with Crippen molar-refractivity contribution in [1.82, 2.24) is 4.98 Å². The van der Waals surface area contributed by atoms with Gasteiger partial charge < -0.3 is 11.5 Å². The Bertz CT molecular complexity index is 684. The van der Waals surface area contributed by atoms with E-state index >= 15 is 0 Å². The molecule has 0 saturated carbocycles. The van der Waals surface area contributed by atoms with Gasteiger partial charge in [0.2, 0.25) is 5.96 Å². The van der Waals surface area contributed by atoms with E-state index in [1.54, 1.807) is 24.3 Å². The molecule has 0 bridgehead atoms. The molecule has 8 heteroatoms. The number of pyridine rings is 1. The summed E-state index contributed by atoms with van der Waals surface area (Å²) >= 11 is 0. The van der Waals surface area contributed by atoms with E-state index in [9.17, 15) is 13.2 Å². The fourth-order valence-corrected chi connectivity index (χ4v) is 1.63. The van der Waals surface area contributed by atoms with E-state index in [0.717, 1.165) is 17.8 Å². The highest BCUT2D eigenvalue weighted by Gasteiger charge is 2.30. The minimum atomic E-state index is -4.39. The van der Waals surface area contributed by atoms with Crippen LogP contribution in [-0.2, 0) is 6.18 Å². The van der Waals surface area contributed by atoms with Gasteiger partial charge in [0, 0.05) is 11.8 Å². The average Bonchev–Trinajstić information content (AvgIpc) is 2.47. The van der Waals surface area contributed by atoms with Gasteiger partial charge >= 0.3 is 6.18 Å². The van der Waals surface area contributed by atoms with Gasteiger partial charge in [-0.1, -0.05) is 24.3 Å². The summed E-state index contributed by atoms with van der Waals surface area (Å²) in [4.78, 5) is 3.82. The van der Waals surface area contributed by atoms with Crippen LogP contribution in [0.1, 0.15) is 11.1 Å². The molecular formula is C14H12F3N5. The second-order valence-corrected chi connectivity index (χ2v) is 4.32. The van der Waals surface area contributed by atoms with Gasteiger partial charge in [-0.15, -0.1) is 5.10 Å². The van der Waals surface area contributed by atoms with Crippen molar-refractivity contribution in [3.8, 4) is 11.3 Å². The molecule has 0 saturated heterocycles. The van der Waals surface area contributed by atoms with Crippen LogP contribution in [0, 0.1) is 0 Å². The molecule has 4 N–H and O–H groups in total. The normalized spacial score (nSPS) is 11.6. The number of hydrogen-bond acceptors (Lipinski definition) is 3. The Kier molecular flexibility index (Phi) is 4.40. The lowest BCUT2D eigenvalue weighted by molar-refractivity contribution is -0.137. The number of halogens is 3. The summed E-state index contributed by atoms with van der Waals surface area (Å²) in [5, 5.41) is 7.11. The first-order valence-electron chi connectivity index (χ1n) is 6.12. The molecule has 0 amide bonds. The molecule has 0 aliphatic rings. The van der Waals surface area contributed by atoms with E-state index < -0.39 is 11.7 Å². The fourth-order valence-electron chi connectivity index (χ4n) is 1.63. The largest absolute Gasteiger partial charge is 0.417 e. The number of nitrogens with two attached hydrogens (primary N) is 2. The Labute approximate surface area is 124 Å². The Morgan fingerprint density at radius 1 is 1.05 bits per heavy atom. The first kappa shape index (κ1) is 15.5. The summed E-state index contributed by atoms with van der Waals surface area (Å²) < 4.78 is 37.4. The molecule has 0 spiro atoms. The van der Waals surface area contributed by atoms with Gasteiger partial charge in [-0.3, -0.25) is 4.98 Å². The lowest BCUT2D eigenvalue weighted by Crippen LogP contribution is -2.21. The molecule has 5 nitrogen and oxygen atoms in total. The Morgan fingerprint density at radius 3 is 2.23 bits per heavy atom. The van der Waals surface area contributed by atoms with Gasteiger partial charge in [0.25, 0.3) is 0 Å². The van der Waals surface area contributed by atoms with Crippen molar-refractivity contribution >= 4 is 12.2 Å². The van der Waals surface area contributed by atoms with Crippen molar-refractivity contribution in [2.24, 2.45) is 21.7 Å². The molecule has 2 aromatic rings. The summed E-state index contributed by atoms with van der Waals surface area (Å²) in [5.41, 5.74) is 11.3. The first-order chi connectivity index (χ1) is 10.4. The molecule has 0 aliphatic carbocycles. The van der Waals surface area contributed by atoms with Crippen LogP contribution >= 0.6 is 0 Å². The minimum Gasteiger partial charge on any atom is -0.369 e. The van der Waals surface area contributed by atoms with Crippen LogP contribution < -0.4 is 11.5 Å². The third kappa shape index (κ3) is 4.05. The number of benzene rings is 1. The summed E-state index contributed by atoms with van der Waals surface area (Å²) in [6, 6.07) is 9.20. The molecule has 114 valence electrons. The molecule has 1 heterocycles. The van der Waals surface area contributed by atoms with E-state index in [0.29, 0.717) is 11.3 Å². The van der Waals surface area contributed by atoms with Gasteiger partial charge in [-0.05, 0) is 17.7 Å². The van der Waals surface area contributed by atoms with Crippen molar-refractivity contribution in [3.63, 3.8) is 0 Å². The maximum atomic E-state index is 12.5. The van der Waals surface area contributed by atoms with Crippen LogP contribution in [0.15, 0.2) is 52.8 Å². The maximum absolute atomic E-state index is 12.5. The average molecular weight is 307 g/mol. The monoisotopic (exact) mass is 307 g/mol. The van der Waals surface area contributed by atoms with E-state index in [2.05, 4.69) is 15.2 Å². The van der Waals surface area contributed by atoms with Crippen LogP contribution in [-0.4, -0.2) is 17.2 Å². The van der Waals surface area contributed by atoms with Crippen molar-refractivity contribution < 1.29 is 13.2 Å². The third-order valence-corrected chi connectivity index (χ3v) is 2.68. The van der Waals surface area contributed by atoms with Crippen LogP contribution in [0.3, 0.4) is 0 Å². The molecule has 22 heavy (non-hydrogen) atoms. The predicted molar refractivity (Wildman–Crippen MR) is 78.1 cm³/mol. The molecule has 0 fully saturated rings. The fraction of sp³-hybridized carbons (Fsp3) is 0.0714. The van der Waals surface area contributed by atoms with Gasteiger partial charge in [0.15, 0.2) is 0 Å². The minimum absolute atomic E-state index is 0.151. The lowest BCUT2D eigenvalue weighted by Gasteiger charge is -2.07. The molecule has 0 radical (unpaired) electrons. The van der Waals surface area contributed by atoms with Crippen molar-refractivity contribution in [1.29, 1.82) is 0 Å². The number of aromatic nitrogens is 1. The summed E-state index contributed by atoms with van der Waals surface area (Å²) in [6.45, 7) is 0. The van der Waals surface area contributed by atoms with Crippen LogP contribution in [0.5, 0.6) is 0 Å². The first-order valence-corrected chi connectivity index (χ1v) is 6.12. The smallest absolute Gasteiger partial charge is 0.369 e. The number of rotatable bonds is 3. The SMILES string of the molecule is NC(N)=NN=Cc1ccc(-c2ccc(C(F)(F)F)cn2)cc1. The van der Waals surface area contributed by atoms with Crippen LogP contribution in [0.4, 0.5) is 13.2 Å². The van der Waals surface area contributed by atoms with Gasteiger partial charge in [-0.2, -0.15) is 18.3 Å². The van der Waals surface area contributed by atoms with Crippen LogP contribution in [0.25, 0.3) is 11.3 Å². The predicted octanol–water partition coefficient (Wildman–Crippen LogP) is 2.37. The molecule has 1 aromatic carbocycles. The zero-order valence-corrected chi connectivity index (χ0v) is 11.2. The Balaban J connectivity index is 2.17. The van der Waals surface area contributed by atoms with Crippen molar-refractivity contribution in [2.75, 3.05) is 0 Å². The highest BCUT2D eigenvalue weighted by Crippen LogP contribution is 2.29. The maximum Gasteiger partial charge on any atom is 0.417 e. The zero-order chi connectivity index (χ0) is 16.2. The quantitative estimate of drug-likeness (QED) is 0.518. The molecule has 0 aliphatic heterocycles. The van der Waals surface area contributed by atoms with Crippen molar-refractivity contribution in [3.05, 3.63) is 53.7 Å². The zero-order valence-electron chi connectivity index (χ0n) is 11.2. The molecule has 0 unspecified atom stereocenters. The van der Waals surface area contributed by atoms with Crippen LogP contribution in [0.2, 0.25) is 0 Å². The van der Waals surface area contributed by atoms with Gasteiger partial charge in [0.05, 0.1) is 17.5 Å². The number of alkyl halides is 3. The van der Waals surface area contributed by atoms with Gasteiger partial charge in [-0.25, -0.2) is 0 Å². The Morgan fingerprint density at radius 2 is 1.73 bits per heavy atom. The van der Waals surface area contributed by atoms with E-state index in [4.69, 9.17) is 11.5 Å². The molecule has 1 aromatic heterocycles. The lowest BCUT2D eigenvalue weighted by atomic mass is 10.1. The summed E-state index contributed by atoms with van der Waals surface area (Å²) in [7, 11) is 0. The Hall–Kier alpha value is -2.90. The number of guanidine groups is 1. The number of nitrogens with zero attached hydrogens (tertiary/aromatic N) is 3. The standard InChI is InChI=1S/C14H12F3N5/c15-14(16,17)11-5-6-12(20-8-11)10-3-1-9(2-4-10)7-21-22-13(18)19/h1-8H,(H4,18,19,22). The topological polar surface area (TPSA) is 89.7 Å². The second-order valence-electron chi connectivity index (χ2n) is 4.32. The number of hydrogen-bond donors (Lipinski definition) is 2. The second kappa shape index (κ2) is 6.25. The summed E-state index contributed by atoms with van der Waals surface area (Å²) in [5.74, 6) is -0.151. The third-order valence-electron chi connectivity index (χ3n) is 2.68. The van der Waals surface area contributed by atoms with Gasteiger partial charge in [0.1, 0.15) is 0 Å². The summed E-state index contributed by atoms with van der Waals surface area (Å²) in [6.07, 6.45) is -2.13. The molecule has 2 rings (SSSR count).